The standard InChI is InChI=1S/C14H16F3N5O2/c1-9-6-18-13(19-9)10-7-21(4-5-24-10)12(23)8-22-3-2-11(20-22)14(15,16)17/h2-3,6,10H,4-5,7-8H2,1H3,(H,18,19)/t10-/m1/s1. The molecular formula is C14H16F3N5O2. The predicted molar refractivity (Wildman–Crippen MR) is 75.8 cm³/mol. The molecule has 1 fully saturated rings. The van der Waals surface area contributed by atoms with E-state index in [1.165, 1.54) is 0 Å². The Morgan fingerprint density at radius 2 is 2.29 bits per heavy atom. The molecule has 0 saturated carbocycles. The molecule has 0 aromatic carbocycles. The summed E-state index contributed by atoms with van der Waals surface area (Å²) >= 11 is 0. The fourth-order valence-corrected chi connectivity index (χ4v) is 2.48. The Hall–Kier alpha value is -2.36. The summed E-state index contributed by atoms with van der Waals surface area (Å²) in [5.41, 5.74) is -0.130. The molecule has 3 rings (SSSR count). The minimum absolute atomic E-state index is 0.250. The number of carbonyl (C=O) groups is 1. The van der Waals surface area contributed by atoms with E-state index in [1.54, 1.807) is 11.1 Å². The highest BCUT2D eigenvalue weighted by molar-refractivity contribution is 5.76. The van der Waals surface area contributed by atoms with Gasteiger partial charge in [0.05, 0.1) is 13.2 Å². The summed E-state index contributed by atoms with van der Waals surface area (Å²) in [5, 5.41) is 3.39. The van der Waals surface area contributed by atoms with Gasteiger partial charge in [-0.05, 0) is 13.0 Å². The monoisotopic (exact) mass is 343 g/mol. The van der Waals surface area contributed by atoms with E-state index in [0.29, 0.717) is 25.5 Å². The highest BCUT2D eigenvalue weighted by Gasteiger charge is 2.34. The number of hydrogen-bond donors (Lipinski definition) is 1. The SMILES string of the molecule is Cc1cnc([C@H]2CN(C(=O)Cn3ccc(C(F)(F)F)n3)CCO2)[nH]1. The second-order valence-corrected chi connectivity index (χ2v) is 5.55. The van der Waals surface area contributed by atoms with Crippen LogP contribution in [0.2, 0.25) is 0 Å². The van der Waals surface area contributed by atoms with Gasteiger partial charge in [-0.25, -0.2) is 4.98 Å². The van der Waals surface area contributed by atoms with Crippen LogP contribution in [0.3, 0.4) is 0 Å². The zero-order chi connectivity index (χ0) is 17.3. The number of amides is 1. The van der Waals surface area contributed by atoms with Gasteiger partial charge in [-0.15, -0.1) is 0 Å². The molecule has 1 atom stereocenters. The second-order valence-electron chi connectivity index (χ2n) is 5.55. The Morgan fingerprint density at radius 3 is 2.92 bits per heavy atom. The van der Waals surface area contributed by atoms with Crippen molar-refractivity contribution in [1.29, 1.82) is 0 Å². The number of aryl methyl sites for hydroxylation is 1. The number of aromatic nitrogens is 4. The zero-order valence-corrected chi connectivity index (χ0v) is 12.9. The number of halogens is 3. The van der Waals surface area contributed by atoms with Gasteiger partial charge in [0.1, 0.15) is 18.5 Å². The number of imidazole rings is 1. The van der Waals surface area contributed by atoms with E-state index in [4.69, 9.17) is 4.74 Å². The van der Waals surface area contributed by atoms with E-state index in [-0.39, 0.29) is 18.6 Å². The highest BCUT2D eigenvalue weighted by Crippen LogP contribution is 2.27. The third-order valence-electron chi connectivity index (χ3n) is 3.68. The van der Waals surface area contributed by atoms with Gasteiger partial charge in [0.2, 0.25) is 5.91 Å². The summed E-state index contributed by atoms with van der Waals surface area (Å²) in [7, 11) is 0. The first-order chi connectivity index (χ1) is 11.3. The van der Waals surface area contributed by atoms with Gasteiger partial charge in [0, 0.05) is 24.6 Å². The molecule has 0 bridgehead atoms. The van der Waals surface area contributed by atoms with Gasteiger partial charge < -0.3 is 14.6 Å². The number of H-pyrrole nitrogens is 1. The van der Waals surface area contributed by atoms with Crippen molar-refractivity contribution in [3.8, 4) is 0 Å². The van der Waals surface area contributed by atoms with Crippen LogP contribution in [-0.4, -0.2) is 50.3 Å². The lowest BCUT2D eigenvalue weighted by Crippen LogP contribution is -2.44. The van der Waals surface area contributed by atoms with Crippen molar-refractivity contribution in [3.63, 3.8) is 0 Å². The molecule has 1 N–H and O–H groups in total. The maximum atomic E-state index is 12.5. The minimum Gasteiger partial charge on any atom is -0.367 e. The molecular weight excluding hydrogens is 327 g/mol. The molecule has 0 aliphatic carbocycles. The first-order valence-electron chi connectivity index (χ1n) is 7.34. The third-order valence-corrected chi connectivity index (χ3v) is 3.68. The molecule has 3 heterocycles. The molecule has 10 heteroatoms. The maximum absolute atomic E-state index is 12.5. The molecule has 2 aromatic rings. The summed E-state index contributed by atoms with van der Waals surface area (Å²) < 4.78 is 44.2. The molecule has 0 spiro atoms. The average Bonchev–Trinajstić information content (AvgIpc) is 3.16. The van der Waals surface area contributed by atoms with Crippen molar-refractivity contribution < 1.29 is 22.7 Å². The lowest BCUT2D eigenvalue weighted by molar-refractivity contribution is -0.143. The van der Waals surface area contributed by atoms with E-state index in [2.05, 4.69) is 15.1 Å². The normalized spacial score (nSPS) is 18.8. The molecule has 0 unspecified atom stereocenters. The van der Waals surface area contributed by atoms with Crippen LogP contribution >= 0.6 is 0 Å². The van der Waals surface area contributed by atoms with Crippen LogP contribution in [-0.2, 0) is 22.3 Å². The van der Waals surface area contributed by atoms with E-state index < -0.39 is 11.9 Å². The Bertz CT molecular complexity index is 724. The van der Waals surface area contributed by atoms with E-state index in [0.717, 1.165) is 22.6 Å². The number of nitrogens with zero attached hydrogens (tertiary/aromatic N) is 4. The summed E-state index contributed by atoms with van der Waals surface area (Å²) in [6.45, 7) is 2.61. The molecule has 1 aliphatic rings. The van der Waals surface area contributed by atoms with Crippen LogP contribution in [0.25, 0.3) is 0 Å². The minimum atomic E-state index is -4.52. The fourth-order valence-electron chi connectivity index (χ4n) is 2.48. The Balaban J connectivity index is 1.63. The molecule has 0 radical (unpaired) electrons. The number of aromatic amines is 1. The van der Waals surface area contributed by atoms with Gasteiger partial charge >= 0.3 is 6.18 Å². The number of nitrogens with one attached hydrogen (secondary N) is 1. The van der Waals surface area contributed by atoms with Crippen LogP contribution < -0.4 is 0 Å². The number of carbonyl (C=O) groups excluding carboxylic acids is 1. The summed E-state index contributed by atoms with van der Waals surface area (Å²) in [5.74, 6) is 0.312. The topological polar surface area (TPSA) is 76.0 Å². The van der Waals surface area contributed by atoms with Gasteiger partial charge in [-0.2, -0.15) is 18.3 Å². The van der Waals surface area contributed by atoms with Crippen LogP contribution in [0.1, 0.15) is 23.3 Å². The lowest BCUT2D eigenvalue weighted by atomic mass is 10.2. The largest absolute Gasteiger partial charge is 0.435 e. The zero-order valence-electron chi connectivity index (χ0n) is 12.9. The molecule has 2 aromatic heterocycles. The van der Waals surface area contributed by atoms with E-state index in [1.807, 2.05) is 6.92 Å². The first kappa shape index (κ1) is 16.5. The fraction of sp³-hybridized carbons (Fsp3) is 0.500. The van der Waals surface area contributed by atoms with Crippen molar-refractivity contribution in [2.24, 2.45) is 0 Å². The Kier molecular flexibility index (Phi) is 4.31. The van der Waals surface area contributed by atoms with Crippen molar-refractivity contribution in [2.75, 3.05) is 19.7 Å². The highest BCUT2D eigenvalue weighted by atomic mass is 19.4. The van der Waals surface area contributed by atoms with Crippen LogP contribution in [0.5, 0.6) is 0 Å². The molecule has 7 nitrogen and oxygen atoms in total. The summed E-state index contributed by atoms with van der Waals surface area (Å²) in [4.78, 5) is 21.1. The number of rotatable bonds is 3. The number of morpholine rings is 1. The van der Waals surface area contributed by atoms with Crippen molar-refractivity contribution in [3.05, 3.63) is 35.7 Å². The molecule has 24 heavy (non-hydrogen) atoms. The first-order valence-corrected chi connectivity index (χ1v) is 7.34. The molecule has 1 amide bonds. The van der Waals surface area contributed by atoms with Crippen molar-refractivity contribution in [2.45, 2.75) is 25.7 Å². The van der Waals surface area contributed by atoms with Gasteiger partial charge in [0.25, 0.3) is 0 Å². The van der Waals surface area contributed by atoms with Crippen LogP contribution in [0.4, 0.5) is 13.2 Å². The Labute approximate surface area is 135 Å². The van der Waals surface area contributed by atoms with Gasteiger partial charge in [-0.3, -0.25) is 9.48 Å². The van der Waals surface area contributed by atoms with Crippen molar-refractivity contribution in [1.82, 2.24) is 24.6 Å². The van der Waals surface area contributed by atoms with E-state index >= 15 is 0 Å². The van der Waals surface area contributed by atoms with Crippen LogP contribution in [0, 0.1) is 6.92 Å². The molecule has 130 valence electrons. The molecule has 1 saturated heterocycles. The number of alkyl halides is 3. The third kappa shape index (κ3) is 3.58. The summed E-state index contributed by atoms with van der Waals surface area (Å²) in [6, 6.07) is 0.848. The van der Waals surface area contributed by atoms with Crippen molar-refractivity contribution >= 4 is 5.91 Å². The average molecular weight is 343 g/mol. The molecule has 1 aliphatic heterocycles. The van der Waals surface area contributed by atoms with E-state index in [9.17, 15) is 18.0 Å². The van der Waals surface area contributed by atoms with Crippen LogP contribution in [0.15, 0.2) is 18.5 Å². The quantitative estimate of drug-likeness (QED) is 0.917. The smallest absolute Gasteiger partial charge is 0.367 e. The second kappa shape index (κ2) is 6.27. The van der Waals surface area contributed by atoms with Gasteiger partial charge in [-0.1, -0.05) is 0 Å². The number of hydrogen-bond acceptors (Lipinski definition) is 4. The summed E-state index contributed by atoms with van der Waals surface area (Å²) in [6.07, 6.45) is -2.08. The Morgan fingerprint density at radius 1 is 1.50 bits per heavy atom. The number of ether oxygens (including phenoxy) is 1. The van der Waals surface area contributed by atoms with Gasteiger partial charge in [0.15, 0.2) is 5.69 Å². The predicted octanol–water partition coefficient (Wildman–Crippen LogP) is 1.53. The lowest BCUT2D eigenvalue weighted by Gasteiger charge is -2.32. The maximum Gasteiger partial charge on any atom is 0.435 e.